The number of nitrogens with zero attached hydrogens (tertiary/aromatic N) is 1. The van der Waals surface area contributed by atoms with Gasteiger partial charge in [-0.05, 0) is 42.5 Å². The Hall–Kier alpha value is -3.12. The molecule has 27 heavy (non-hydrogen) atoms. The summed E-state index contributed by atoms with van der Waals surface area (Å²) in [7, 11) is -2.94. The van der Waals surface area contributed by atoms with Crippen LogP contribution in [-0.4, -0.2) is 21.5 Å². The van der Waals surface area contributed by atoms with Crippen molar-refractivity contribution in [3.63, 3.8) is 0 Å². The zero-order valence-electron chi connectivity index (χ0n) is 14.3. The first kappa shape index (κ1) is 18.7. The van der Waals surface area contributed by atoms with E-state index in [1.807, 2.05) is 0 Å². The first-order chi connectivity index (χ1) is 12.8. The van der Waals surface area contributed by atoms with Gasteiger partial charge in [0.1, 0.15) is 11.9 Å². The summed E-state index contributed by atoms with van der Waals surface area (Å²) < 4.78 is 46.5. The van der Waals surface area contributed by atoms with Crippen LogP contribution in [0.5, 0.6) is 0 Å². The molecule has 0 radical (unpaired) electrons. The Bertz CT molecular complexity index is 1070. The first-order valence-corrected chi connectivity index (χ1v) is 9.49. The molecule has 9 heteroatoms. The molecule has 7 nitrogen and oxygen atoms in total. The molecule has 140 valence electrons. The van der Waals surface area contributed by atoms with Crippen molar-refractivity contribution in [3.05, 3.63) is 52.8 Å². The van der Waals surface area contributed by atoms with Crippen molar-refractivity contribution in [2.75, 3.05) is 17.6 Å². The number of sulfonamides is 1. The van der Waals surface area contributed by atoms with E-state index in [0.29, 0.717) is 5.56 Å². The predicted octanol–water partition coefficient (Wildman–Crippen LogP) is 2.74. The van der Waals surface area contributed by atoms with Gasteiger partial charge in [0.15, 0.2) is 0 Å². The van der Waals surface area contributed by atoms with Crippen LogP contribution < -0.4 is 10.5 Å². The summed E-state index contributed by atoms with van der Waals surface area (Å²) in [6, 6.07) is 7.89. The molecule has 0 spiro atoms. The number of esters is 1. The van der Waals surface area contributed by atoms with Gasteiger partial charge in [-0.3, -0.25) is 4.72 Å². The van der Waals surface area contributed by atoms with Gasteiger partial charge in [-0.2, -0.15) is 5.26 Å². The van der Waals surface area contributed by atoms with Gasteiger partial charge in [0.05, 0.1) is 34.5 Å². The highest BCUT2D eigenvalue weighted by molar-refractivity contribution is 7.92. The van der Waals surface area contributed by atoms with Crippen molar-refractivity contribution in [1.82, 2.24) is 0 Å². The van der Waals surface area contributed by atoms with E-state index >= 15 is 0 Å². The first-order valence-electron chi connectivity index (χ1n) is 8.01. The molecule has 3 N–H and O–H groups in total. The summed E-state index contributed by atoms with van der Waals surface area (Å²) in [4.78, 5) is 11.7. The molecule has 1 aliphatic carbocycles. The van der Waals surface area contributed by atoms with Crippen LogP contribution >= 0.6 is 0 Å². The third-order valence-corrected chi connectivity index (χ3v) is 5.67. The van der Waals surface area contributed by atoms with Crippen LogP contribution in [-0.2, 0) is 14.8 Å². The summed E-state index contributed by atoms with van der Waals surface area (Å²) in [6.07, 6.45) is 1.69. The lowest BCUT2D eigenvalue weighted by molar-refractivity contribution is 0.0600. The van der Waals surface area contributed by atoms with Gasteiger partial charge in [-0.15, -0.1) is 0 Å². The predicted molar refractivity (Wildman–Crippen MR) is 96.1 cm³/mol. The Labute approximate surface area is 155 Å². The van der Waals surface area contributed by atoms with Crippen molar-refractivity contribution >= 4 is 27.4 Å². The van der Waals surface area contributed by atoms with E-state index in [1.54, 1.807) is 12.1 Å². The summed E-state index contributed by atoms with van der Waals surface area (Å²) in [5, 5.41) is 8.94. The summed E-state index contributed by atoms with van der Waals surface area (Å²) in [5.41, 5.74) is 5.75. The maximum Gasteiger partial charge on any atom is 0.337 e. The van der Waals surface area contributed by atoms with Gasteiger partial charge in [-0.1, -0.05) is 6.07 Å². The molecule has 1 saturated carbocycles. The fourth-order valence-corrected chi connectivity index (χ4v) is 4.11. The maximum atomic E-state index is 13.6. The molecular formula is C18H16FN3O4S. The van der Waals surface area contributed by atoms with E-state index in [2.05, 4.69) is 9.46 Å². The largest absolute Gasteiger partial charge is 0.465 e. The second kappa shape index (κ2) is 6.89. The van der Waals surface area contributed by atoms with Crippen molar-refractivity contribution in [2.24, 2.45) is 0 Å². The second-order valence-electron chi connectivity index (χ2n) is 6.16. The van der Waals surface area contributed by atoms with E-state index in [1.165, 1.54) is 19.2 Å². The molecular weight excluding hydrogens is 373 g/mol. The zero-order valence-corrected chi connectivity index (χ0v) is 15.1. The van der Waals surface area contributed by atoms with Crippen LogP contribution in [0.2, 0.25) is 0 Å². The molecule has 1 fully saturated rings. The minimum Gasteiger partial charge on any atom is -0.465 e. The minimum atomic E-state index is -4.14. The molecule has 1 aliphatic rings. The third kappa shape index (κ3) is 3.71. The van der Waals surface area contributed by atoms with Crippen molar-refractivity contribution in [2.45, 2.75) is 23.7 Å². The Morgan fingerprint density at radius 1 is 1.33 bits per heavy atom. The van der Waals surface area contributed by atoms with E-state index in [-0.39, 0.29) is 33.3 Å². The molecule has 0 amide bonds. The lowest BCUT2D eigenvalue weighted by Gasteiger charge is -2.15. The molecule has 2 aromatic rings. The van der Waals surface area contributed by atoms with Crippen molar-refractivity contribution in [3.8, 4) is 6.07 Å². The van der Waals surface area contributed by atoms with Gasteiger partial charge in [0.2, 0.25) is 0 Å². The van der Waals surface area contributed by atoms with Crippen LogP contribution in [0, 0.1) is 17.1 Å². The van der Waals surface area contributed by atoms with Crippen LogP contribution in [0.4, 0.5) is 15.8 Å². The van der Waals surface area contributed by atoms with Gasteiger partial charge in [-0.25, -0.2) is 17.6 Å². The molecule has 3 rings (SSSR count). The average Bonchev–Trinajstić information content (AvgIpc) is 3.47. The van der Waals surface area contributed by atoms with E-state index in [0.717, 1.165) is 25.0 Å². The van der Waals surface area contributed by atoms with Crippen LogP contribution in [0.1, 0.15) is 40.2 Å². The number of carbonyl (C=O) groups is 1. The number of hydrogen-bond donors (Lipinski definition) is 2. The Balaban J connectivity index is 2.07. The van der Waals surface area contributed by atoms with Crippen molar-refractivity contribution < 1.29 is 22.3 Å². The monoisotopic (exact) mass is 389 g/mol. The molecule has 0 atom stereocenters. The van der Waals surface area contributed by atoms with Crippen LogP contribution in [0.3, 0.4) is 0 Å². The van der Waals surface area contributed by atoms with Gasteiger partial charge in [0.25, 0.3) is 10.0 Å². The number of nitrogens with two attached hydrogens (primary N) is 1. The normalized spacial score (nSPS) is 13.7. The van der Waals surface area contributed by atoms with Crippen LogP contribution in [0.15, 0.2) is 35.2 Å². The molecule has 0 unspecified atom stereocenters. The number of halogens is 1. The second-order valence-corrected chi connectivity index (χ2v) is 7.81. The van der Waals surface area contributed by atoms with Gasteiger partial charge >= 0.3 is 5.97 Å². The quantitative estimate of drug-likeness (QED) is 0.599. The summed E-state index contributed by atoms with van der Waals surface area (Å²) in [5.74, 6) is -1.42. The van der Waals surface area contributed by atoms with Gasteiger partial charge < -0.3 is 10.5 Å². The molecule has 0 bridgehead atoms. The lowest BCUT2D eigenvalue weighted by atomic mass is 10.1. The number of nitriles is 1. The number of carbonyl (C=O) groups excluding carboxylic acids is 1. The molecule has 0 aromatic heterocycles. The number of ether oxygens (including phenoxy) is 1. The summed E-state index contributed by atoms with van der Waals surface area (Å²) >= 11 is 0. The number of anilines is 2. The number of nitrogens with one attached hydrogen (secondary N) is 1. The number of nitrogen functional groups attached to an aromatic ring is 1. The van der Waals surface area contributed by atoms with E-state index in [9.17, 15) is 17.6 Å². The van der Waals surface area contributed by atoms with E-state index < -0.39 is 21.8 Å². The topological polar surface area (TPSA) is 122 Å². The SMILES string of the molecule is COC(=O)c1ccc(C2CC2)c(S(=O)(=O)Nc2cc(C#N)c(F)cc2N)c1. The number of methoxy groups -OCH3 is 1. The van der Waals surface area contributed by atoms with Crippen molar-refractivity contribution in [1.29, 1.82) is 5.26 Å². The smallest absolute Gasteiger partial charge is 0.337 e. The Kier molecular flexibility index (Phi) is 4.76. The standard InChI is InChI=1S/C18H16FN3O4S/c1-26-18(23)11-4-5-13(10-2-3-10)17(7-11)27(24,25)22-16-6-12(9-20)14(19)8-15(16)21/h4-8,10,22H,2-3,21H2,1H3. The molecule has 0 saturated heterocycles. The number of hydrogen-bond acceptors (Lipinski definition) is 6. The number of rotatable bonds is 5. The average molecular weight is 389 g/mol. The molecule has 0 heterocycles. The summed E-state index contributed by atoms with van der Waals surface area (Å²) in [6.45, 7) is 0. The van der Waals surface area contributed by atoms with Crippen LogP contribution in [0.25, 0.3) is 0 Å². The highest BCUT2D eigenvalue weighted by Crippen LogP contribution is 2.43. The van der Waals surface area contributed by atoms with Gasteiger partial charge in [0, 0.05) is 6.07 Å². The Morgan fingerprint density at radius 3 is 2.63 bits per heavy atom. The fourth-order valence-electron chi connectivity index (χ4n) is 2.71. The highest BCUT2D eigenvalue weighted by Gasteiger charge is 2.31. The third-order valence-electron chi connectivity index (χ3n) is 4.25. The minimum absolute atomic E-state index is 0.0740. The molecule has 0 aliphatic heterocycles. The lowest BCUT2D eigenvalue weighted by Crippen LogP contribution is -2.17. The number of benzene rings is 2. The molecule has 2 aromatic carbocycles. The maximum absolute atomic E-state index is 13.6. The van der Waals surface area contributed by atoms with E-state index in [4.69, 9.17) is 11.0 Å². The Morgan fingerprint density at radius 2 is 2.04 bits per heavy atom. The zero-order chi connectivity index (χ0) is 19.8. The fraction of sp³-hybridized carbons (Fsp3) is 0.222. The highest BCUT2D eigenvalue weighted by atomic mass is 32.2.